The van der Waals surface area contributed by atoms with Crippen molar-refractivity contribution in [1.29, 1.82) is 0 Å². The minimum absolute atomic E-state index is 0.229. The number of hydrogen-bond acceptors (Lipinski definition) is 2. The van der Waals surface area contributed by atoms with Crippen LogP contribution in [-0.2, 0) is 6.61 Å². The average Bonchev–Trinajstić information content (AvgIpc) is 2.44. The standard InChI is InChI=1S/C15H10ClF3O2/c16-12-3-1-2-10(8-12)9-21-13-6-4-11(5-7-13)14(20)15(17,18)19/h1-8H,9H2. The fraction of sp³-hybridized carbons (Fsp3) is 0.133. The molecule has 2 rings (SSSR count). The number of carbonyl (C=O) groups is 1. The van der Waals surface area contributed by atoms with Crippen molar-refractivity contribution >= 4 is 17.4 Å². The second-order valence-electron chi connectivity index (χ2n) is 4.27. The van der Waals surface area contributed by atoms with Gasteiger partial charge >= 0.3 is 6.18 Å². The number of rotatable bonds is 4. The molecule has 0 fully saturated rings. The lowest BCUT2D eigenvalue weighted by Gasteiger charge is -2.08. The Hall–Kier alpha value is -2.01. The molecule has 2 nitrogen and oxygen atoms in total. The van der Waals surface area contributed by atoms with Crippen LogP contribution in [0.4, 0.5) is 13.2 Å². The molecule has 6 heteroatoms. The van der Waals surface area contributed by atoms with Gasteiger partial charge in [-0.3, -0.25) is 4.79 Å². The molecule has 0 saturated carbocycles. The summed E-state index contributed by atoms with van der Waals surface area (Å²) in [6.07, 6.45) is -4.87. The fourth-order valence-electron chi connectivity index (χ4n) is 1.66. The highest BCUT2D eigenvalue weighted by molar-refractivity contribution is 6.30. The molecule has 0 saturated heterocycles. The van der Waals surface area contributed by atoms with E-state index < -0.39 is 17.5 Å². The number of benzene rings is 2. The molecule has 2 aromatic rings. The first kappa shape index (κ1) is 15.4. The van der Waals surface area contributed by atoms with Crippen LogP contribution in [0.5, 0.6) is 5.75 Å². The van der Waals surface area contributed by atoms with Gasteiger partial charge in [0.2, 0.25) is 0 Å². The molecule has 0 aliphatic heterocycles. The summed E-state index contributed by atoms with van der Waals surface area (Å²) in [5.41, 5.74) is 0.413. The third-order valence-electron chi connectivity index (χ3n) is 2.67. The van der Waals surface area contributed by atoms with E-state index in [1.165, 1.54) is 12.1 Å². The number of Topliss-reactive ketones (excluding diaryl/α,β-unsaturated/α-hetero) is 1. The molecular weight excluding hydrogens is 305 g/mol. The van der Waals surface area contributed by atoms with E-state index in [9.17, 15) is 18.0 Å². The van der Waals surface area contributed by atoms with Crippen molar-refractivity contribution in [2.45, 2.75) is 12.8 Å². The molecule has 0 unspecified atom stereocenters. The van der Waals surface area contributed by atoms with Crippen molar-refractivity contribution in [2.75, 3.05) is 0 Å². The van der Waals surface area contributed by atoms with Crippen LogP contribution in [-0.4, -0.2) is 12.0 Å². The predicted molar refractivity (Wildman–Crippen MR) is 72.6 cm³/mol. The Morgan fingerprint density at radius 1 is 1.10 bits per heavy atom. The van der Waals surface area contributed by atoms with Crippen LogP contribution in [0.2, 0.25) is 5.02 Å². The first-order valence-corrected chi connectivity index (χ1v) is 6.33. The van der Waals surface area contributed by atoms with Gasteiger partial charge in [0.15, 0.2) is 0 Å². The minimum atomic E-state index is -4.87. The monoisotopic (exact) mass is 314 g/mol. The van der Waals surface area contributed by atoms with E-state index in [0.717, 1.165) is 17.7 Å². The number of hydrogen-bond donors (Lipinski definition) is 0. The normalized spacial score (nSPS) is 11.2. The summed E-state index contributed by atoms with van der Waals surface area (Å²) < 4.78 is 42.2. The summed E-state index contributed by atoms with van der Waals surface area (Å²) in [7, 11) is 0. The highest BCUT2D eigenvalue weighted by atomic mass is 35.5. The molecule has 110 valence electrons. The van der Waals surface area contributed by atoms with Crippen LogP contribution in [0.3, 0.4) is 0 Å². The summed E-state index contributed by atoms with van der Waals surface area (Å²) in [5, 5.41) is 0.572. The van der Waals surface area contributed by atoms with Crippen molar-refractivity contribution in [3.8, 4) is 5.75 Å². The topological polar surface area (TPSA) is 26.3 Å². The number of halogens is 4. The fourth-order valence-corrected chi connectivity index (χ4v) is 1.87. The summed E-state index contributed by atoms with van der Waals surface area (Å²) in [4.78, 5) is 11.0. The van der Waals surface area contributed by atoms with Crippen LogP contribution in [0.1, 0.15) is 15.9 Å². The molecule has 0 amide bonds. The zero-order valence-corrected chi connectivity index (χ0v) is 11.4. The van der Waals surface area contributed by atoms with E-state index in [-0.39, 0.29) is 6.61 Å². The van der Waals surface area contributed by atoms with Gasteiger partial charge in [-0.05, 0) is 42.0 Å². The van der Waals surface area contributed by atoms with Gasteiger partial charge in [-0.1, -0.05) is 23.7 Å². The van der Waals surface area contributed by atoms with Crippen LogP contribution in [0.15, 0.2) is 48.5 Å². The number of ether oxygens (including phenoxy) is 1. The molecule has 0 heterocycles. The molecule has 0 aromatic heterocycles. The molecule has 0 aliphatic carbocycles. The Bertz CT molecular complexity index is 636. The highest BCUT2D eigenvalue weighted by Crippen LogP contribution is 2.23. The molecular formula is C15H10ClF3O2. The van der Waals surface area contributed by atoms with Crippen LogP contribution < -0.4 is 4.74 Å². The summed E-state index contributed by atoms with van der Waals surface area (Å²) >= 11 is 5.83. The summed E-state index contributed by atoms with van der Waals surface area (Å²) in [6.45, 7) is 0.229. The van der Waals surface area contributed by atoms with E-state index in [1.807, 2.05) is 6.07 Å². The zero-order valence-electron chi connectivity index (χ0n) is 10.7. The zero-order chi connectivity index (χ0) is 15.5. The second-order valence-corrected chi connectivity index (χ2v) is 4.71. The Morgan fingerprint density at radius 3 is 2.33 bits per heavy atom. The minimum Gasteiger partial charge on any atom is -0.489 e. The lowest BCUT2D eigenvalue weighted by atomic mass is 10.1. The van der Waals surface area contributed by atoms with Gasteiger partial charge in [0.1, 0.15) is 12.4 Å². The molecule has 0 atom stereocenters. The van der Waals surface area contributed by atoms with Crippen LogP contribution in [0, 0.1) is 0 Å². The number of carbonyl (C=O) groups excluding carboxylic acids is 1. The van der Waals surface area contributed by atoms with Crippen molar-refractivity contribution < 1.29 is 22.7 Å². The summed E-state index contributed by atoms with van der Waals surface area (Å²) in [5.74, 6) is -1.50. The molecule has 2 aromatic carbocycles. The SMILES string of the molecule is O=C(c1ccc(OCc2cccc(Cl)c2)cc1)C(F)(F)F. The smallest absolute Gasteiger partial charge is 0.454 e. The maximum absolute atomic E-state index is 12.2. The molecule has 0 aliphatic rings. The van der Waals surface area contributed by atoms with E-state index in [4.69, 9.17) is 16.3 Å². The van der Waals surface area contributed by atoms with Crippen LogP contribution >= 0.6 is 11.6 Å². The Kier molecular flexibility index (Phi) is 4.53. The average molecular weight is 315 g/mol. The van der Waals surface area contributed by atoms with Gasteiger partial charge in [0.05, 0.1) is 0 Å². The lowest BCUT2D eigenvalue weighted by Crippen LogP contribution is -2.22. The lowest BCUT2D eigenvalue weighted by molar-refractivity contribution is -0.0885. The third kappa shape index (κ3) is 4.23. The predicted octanol–water partition coefficient (Wildman–Crippen LogP) is 4.66. The van der Waals surface area contributed by atoms with Gasteiger partial charge in [-0.2, -0.15) is 13.2 Å². The van der Waals surface area contributed by atoms with Crippen molar-refractivity contribution in [3.63, 3.8) is 0 Å². The Labute approximate surface area is 124 Å². The molecule has 0 bridgehead atoms. The maximum Gasteiger partial charge on any atom is 0.454 e. The van der Waals surface area contributed by atoms with E-state index >= 15 is 0 Å². The van der Waals surface area contributed by atoms with Crippen molar-refractivity contribution in [2.24, 2.45) is 0 Å². The second kappa shape index (κ2) is 6.18. The van der Waals surface area contributed by atoms with Gasteiger partial charge in [0.25, 0.3) is 5.78 Å². The molecule has 0 spiro atoms. The largest absolute Gasteiger partial charge is 0.489 e. The first-order valence-electron chi connectivity index (χ1n) is 5.95. The van der Waals surface area contributed by atoms with Gasteiger partial charge in [0, 0.05) is 10.6 Å². The first-order chi connectivity index (χ1) is 9.86. The number of ketones is 1. The Morgan fingerprint density at radius 2 is 1.76 bits per heavy atom. The van der Waals surface area contributed by atoms with E-state index in [1.54, 1.807) is 18.2 Å². The van der Waals surface area contributed by atoms with Gasteiger partial charge in [-0.25, -0.2) is 0 Å². The summed E-state index contributed by atoms with van der Waals surface area (Å²) in [6, 6.07) is 11.9. The number of alkyl halides is 3. The van der Waals surface area contributed by atoms with Crippen molar-refractivity contribution in [3.05, 3.63) is 64.7 Å². The van der Waals surface area contributed by atoms with Crippen molar-refractivity contribution in [1.82, 2.24) is 0 Å². The Balaban J connectivity index is 2.01. The van der Waals surface area contributed by atoms with Gasteiger partial charge in [-0.15, -0.1) is 0 Å². The molecule has 0 radical (unpaired) electrons. The van der Waals surface area contributed by atoms with E-state index in [0.29, 0.717) is 10.8 Å². The maximum atomic E-state index is 12.2. The van der Waals surface area contributed by atoms with E-state index in [2.05, 4.69) is 0 Å². The third-order valence-corrected chi connectivity index (χ3v) is 2.90. The highest BCUT2D eigenvalue weighted by Gasteiger charge is 2.39. The quantitative estimate of drug-likeness (QED) is 0.767. The van der Waals surface area contributed by atoms with Gasteiger partial charge < -0.3 is 4.74 Å². The molecule has 21 heavy (non-hydrogen) atoms. The van der Waals surface area contributed by atoms with Crippen LogP contribution in [0.25, 0.3) is 0 Å². The molecule has 0 N–H and O–H groups in total.